The molecule has 8 heteroatoms. The second-order valence-electron chi connectivity index (χ2n) is 4.27. The van der Waals surface area contributed by atoms with Gasteiger partial charge >= 0.3 is 61.7 Å². The van der Waals surface area contributed by atoms with Gasteiger partial charge in [-0.05, 0) is 24.3 Å². The Morgan fingerprint density at radius 1 is 0.773 bits per heavy atom. The first kappa shape index (κ1) is 17.3. The van der Waals surface area contributed by atoms with E-state index in [1.165, 1.54) is 24.3 Å². The zero-order valence-electron chi connectivity index (χ0n) is 10.6. The summed E-state index contributed by atoms with van der Waals surface area (Å²) in [6.45, 7) is 0. The molecular weight excluding hydrogens is 333 g/mol. The van der Waals surface area contributed by atoms with E-state index in [1.807, 2.05) is 0 Å². The molecule has 0 aromatic heterocycles. The van der Waals surface area contributed by atoms with Crippen LogP contribution in [0.1, 0.15) is 20.7 Å². The molecule has 0 saturated carbocycles. The van der Waals surface area contributed by atoms with Crippen molar-refractivity contribution in [2.45, 2.75) is 0 Å². The first-order valence-electron chi connectivity index (χ1n) is 5.98. The fraction of sp³-hybridized carbons (Fsp3) is 0. The topological polar surface area (TPSA) is 80.8 Å². The van der Waals surface area contributed by atoms with Gasteiger partial charge in [0.2, 0.25) is 0 Å². The van der Waals surface area contributed by atoms with Gasteiger partial charge in [-0.15, -0.1) is 4.31 Å². The second-order valence-corrected chi connectivity index (χ2v) is 5.66. The van der Waals surface area contributed by atoms with Gasteiger partial charge in [0.1, 0.15) is 5.75 Å². The van der Waals surface area contributed by atoms with E-state index in [-0.39, 0.29) is 72.6 Å². The van der Waals surface area contributed by atoms with Gasteiger partial charge in [-0.25, -0.2) is 0 Å². The first-order chi connectivity index (χ1) is 10.0. The number of fused-ring (bicyclic) bond motifs is 1. The maximum absolute atomic E-state index is 12.2. The van der Waals surface area contributed by atoms with E-state index in [9.17, 15) is 18.0 Å². The number of carbonyl (C=O) groups is 2. The van der Waals surface area contributed by atoms with Crippen molar-refractivity contribution in [1.82, 2.24) is 4.31 Å². The summed E-state index contributed by atoms with van der Waals surface area (Å²) in [6.07, 6.45) is 0. The Hall–Kier alpha value is -1.03. The van der Waals surface area contributed by atoms with Crippen LogP contribution in [0.15, 0.2) is 54.6 Å². The van der Waals surface area contributed by atoms with Crippen LogP contribution < -0.4 is 4.18 Å². The fourth-order valence-corrected chi connectivity index (χ4v) is 3.04. The molecule has 0 saturated heterocycles. The van der Waals surface area contributed by atoms with E-state index >= 15 is 0 Å². The van der Waals surface area contributed by atoms with Crippen molar-refractivity contribution in [3.8, 4) is 5.75 Å². The zero-order valence-corrected chi connectivity index (χ0v) is 11.4. The average Bonchev–Trinajstić information content (AvgIpc) is 2.72. The number of rotatable bonds is 3. The summed E-state index contributed by atoms with van der Waals surface area (Å²) in [5.74, 6) is -1.80. The number of nitrogens with zero attached hydrogens (tertiary/aromatic N) is 1. The van der Waals surface area contributed by atoms with Crippen molar-refractivity contribution in [2.75, 3.05) is 0 Å². The van der Waals surface area contributed by atoms with Crippen LogP contribution in [-0.4, -0.2) is 75.9 Å². The van der Waals surface area contributed by atoms with E-state index in [4.69, 9.17) is 4.18 Å². The normalized spacial score (nSPS) is 13.5. The standard InChI is InChI=1S/C14H9NO5S.K.H/c16-13-11-8-4-5-9-12(11)14(17)15(13)21(18,19)20-10-6-2-1-3-7-10;;/h1-9H;;. The third kappa shape index (κ3) is 3.03. The van der Waals surface area contributed by atoms with Crippen LogP contribution >= 0.6 is 0 Å². The van der Waals surface area contributed by atoms with Crippen LogP contribution in [0.5, 0.6) is 5.75 Å². The Bertz CT molecular complexity index is 800. The van der Waals surface area contributed by atoms with Crippen molar-refractivity contribution in [3.05, 3.63) is 65.7 Å². The fourth-order valence-electron chi connectivity index (χ4n) is 2.01. The van der Waals surface area contributed by atoms with E-state index in [1.54, 1.807) is 30.3 Å². The molecule has 2 amide bonds. The monoisotopic (exact) mass is 343 g/mol. The summed E-state index contributed by atoms with van der Waals surface area (Å²) in [6, 6.07) is 13.6. The second kappa shape index (κ2) is 6.61. The summed E-state index contributed by atoms with van der Waals surface area (Å²) in [7, 11) is -4.54. The molecule has 0 spiro atoms. The quantitative estimate of drug-likeness (QED) is 0.612. The molecule has 0 atom stereocenters. The number of hydrogen-bond acceptors (Lipinski definition) is 5. The number of benzene rings is 2. The molecule has 1 aliphatic heterocycles. The van der Waals surface area contributed by atoms with Gasteiger partial charge in [-0.1, -0.05) is 30.3 Å². The molecule has 0 radical (unpaired) electrons. The van der Waals surface area contributed by atoms with E-state index in [0.717, 1.165) is 0 Å². The van der Waals surface area contributed by atoms with Gasteiger partial charge in [0, 0.05) is 0 Å². The molecule has 0 unspecified atom stereocenters. The summed E-state index contributed by atoms with van der Waals surface area (Å²) in [5, 5.41) is 0. The third-order valence-corrected chi connectivity index (χ3v) is 4.11. The number of hydrogen-bond donors (Lipinski definition) is 0. The maximum atomic E-state index is 12.2. The van der Waals surface area contributed by atoms with Crippen molar-refractivity contribution < 1.29 is 22.2 Å². The van der Waals surface area contributed by atoms with Gasteiger partial charge in [0.25, 0.3) is 11.8 Å². The van der Waals surface area contributed by atoms with Crippen LogP contribution in [0, 0.1) is 0 Å². The number of carbonyl (C=O) groups excluding carboxylic acids is 2. The molecule has 0 aliphatic carbocycles. The van der Waals surface area contributed by atoms with Crippen LogP contribution in [-0.2, 0) is 10.3 Å². The molecule has 6 nitrogen and oxygen atoms in total. The predicted molar refractivity (Wildman–Crippen MR) is 80.1 cm³/mol. The van der Waals surface area contributed by atoms with E-state index in [2.05, 4.69) is 0 Å². The van der Waals surface area contributed by atoms with Gasteiger partial charge in [-0.3, -0.25) is 9.59 Å². The van der Waals surface area contributed by atoms with Crippen molar-refractivity contribution in [2.24, 2.45) is 0 Å². The summed E-state index contributed by atoms with van der Waals surface area (Å²) >= 11 is 0. The summed E-state index contributed by atoms with van der Waals surface area (Å²) in [4.78, 5) is 24.2. The Morgan fingerprint density at radius 3 is 1.73 bits per heavy atom. The first-order valence-corrected chi connectivity index (χ1v) is 7.35. The van der Waals surface area contributed by atoms with Gasteiger partial charge in [0.15, 0.2) is 0 Å². The van der Waals surface area contributed by atoms with Crippen molar-refractivity contribution >= 4 is 73.5 Å². The minimum atomic E-state index is -4.54. The molecule has 0 fully saturated rings. The van der Waals surface area contributed by atoms with E-state index in [0.29, 0.717) is 0 Å². The predicted octanol–water partition coefficient (Wildman–Crippen LogP) is 0.958. The molecule has 22 heavy (non-hydrogen) atoms. The van der Waals surface area contributed by atoms with Crippen molar-refractivity contribution in [1.29, 1.82) is 0 Å². The molecule has 3 rings (SSSR count). The number of imide groups is 1. The summed E-state index contributed by atoms with van der Waals surface area (Å²) < 4.78 is 29.3. The molecular formula is C14H10KNO5S. The molecule has 1 aliphatic rings. The minimum absolute atomic E-state index is 0. The number of para-hydroxylation sites is 1. The average molecular weight is 343 g/mol. The van der Waals surface area contributed by atoms with Gasteiger partial charge in [0.05, 0.1) is 11.1 Å². The zero-order chi connectivity index (χ0) is 15.0. The van der Waals surface area contributed by atoms with Crippen LogP contribution in [0.3, 0.4) is 0 Å². The molecule has 2 aromatic carbocycles. The van der Waals surface area contributed by atoms with Crippen LogP contribution in [0.2, 0.25) is 0 Å². The Kier molecular flexibility index (Phi) is 5.20. The SMILES string of the molecule is O=C1c2ccccc2C(=O)N1S(=O)(=O)Oc1ccccc1.[KH]. The van der Waals surface area contributed by atoms with Crippen molar-refractivity contribution in [3.63, 3.8) is 0 Å². The summed E-state index contributed by atoms with van der Waals surface area (Å²) in [5.41, 5.74) is 0.0884. The van der Waals surface area contributed by atoms with Crippen LogP contribution in [0.25, 0.3) is 0 Å². The van der Waals surface area contributed by atoms with Gasteiger partial charge in [-0.2, -0.15) is 8.42 Å². The molecule has 0 bridgehead atoms. The Balaban J connectivity index is 0.00000176. The van der Waals surface area contributed by atoms with E-state index < -0.39 is 22.1 Å². The molecule has 2 aromatic rings. The molecule has 108 valence electrons. The van der Waals surface area contributed by atoms with Gasteiger partial charge < -0.3 is 4.18 Å². The van der Waals surface area contributed by atoms with Crippen LogP contribution in [0.4, 0.5) is 0 Å². The Labute approximate surface area is 169 Å². The molecule has 0 N–H and O–H groups in total. The Morgan fingerprint density at radius 2 is 1.23 bits per heavy atom. The molecule has 1 heterocycles. The third-order valence-electron chi connectivity index (χ3n) is 2.93. The number of amides is 2.